The molecular weight excluding hydrogens is 316 g/mol. The normalized spacial score (nSPS) is 28.6. The smallest absolute Gasteiger partial charge is 0.231 e. The first-order valence-corrected chi connectivity index (χ1v) is 9.44. The van der Waals surface area contributed by atoms with E-state index in [0.717, 1.165) is 18.4 Å². The van der Waals surface area contributed by atoms with Crippen LogP contribution in [0.25, 0.3) is 0 Å². The van der Waals surface area contributed by atoms with E-state index in [1.54, 1.807) is 0 Å². The van der Waals surface area contributed by atoms with Crippen molar-refractivity contribution in [1.82, 2.24) is 10.2 Å². The lowest BCUT2D eigenvalue weighted by Crippen LogP contribution is -2.47. The molecule has 2 heterocycles. The molecule has 5 nitrogen and oxygen atoms in total. The maximum atomic E-state index is 13.1. The number of carbonyl (C=O) groups is 1. The van der Waals surface area contributed by atoms with E-state index in [9.17, 15) is 4.79 Å². The Morgan fingerprint density at radius 2 is 1.80 bits per heavy atom. The number of rotatable bonds is 5. The second-order valence-corrected chi connectivity index (χ2v) is 7.23. The zero-order chi connectivity index (χ0) is 17.6. The summed E-state index contributed by atoms with van der Waals surface area (Å²) in [7, 11) is 0. The van der Waals surface area contributed by atoms with Gasteiger partial charge in [0, 0.05) is 25.7 Å². The molecule has 2 saturated heterocycles. The van der Waals surface area contributed by atoms with Crippen LogP contribution in [0.2, 0.25) is 0 Å². The van der Waals surface area contributed by atoms with Crippen LogP contribution in [0.15, 0.2) is 30.3 Å². The number of morpholine rings is 1. The fraction of sp³-hybridized carbons (Fsp3) is 0.650. The van der Waals surface area contributed by atoms with E-state index in [1.165, 1.54) is 0 Å². The van der Waals surface area contributed by atoms with E-state index >= 15 is 0 Å². The number of nitrogens with zero attached hydrogens (tertiary/aromatic N) is 1. The molecule has 2 fully saturated rings. The number of ether oxygens (including phenoxy) is 2. The highest BCUT2D eigenvalue weighted by molar-refractivity contribution is 5.84. The molecule has 2 aliphatic heterocycles. The van der Waals surface area contributed by atoms with Gasteiger partial charge in [0.1, 0.15) is 0 Å². The second kappa shape index (κ2) is 8.79. The molecule has 1 N–H and O–H groups in total. The minimum Gasteiger partial charge on any atom is -0.378 e. The molecule has 1 aromatic carbocycles. The van der Waals surface area contributed by atoms with Crippen LogP contribution < -0.4 is 5.32 Å². The van der Waals surface area contributed by atoms with Crippen LogP contribution in [0, 0.1) is 0 Å². The van der Waals surface area contributed by atoms with Crippen molar-refractivity contribution in [2.45, 2.75) is 50.9 Å². The molecule has 4 atom stereocenters. The van der Waals surface area contributed by atoms with E-state index in [-0.39, 0.29) is 24.0 Å². The molecule has 3 rings (SSSR count). The summed E-state index contributed by atoms with van der Waals surface area (Å²) in [5.41, 5.74) is 1.08. The summed E-state index contributed by atoms with van der Waals surface area (Å²) in [4.78, 5) is 15.0. The average Bonchev–Trinajstić information content (AvgIpc) is 2.62. The standard InChI is InChI=1S/C20H30N2O3/c1-15-12-18(13-16(2)25-15)21-14-19(17-6-4-3-5-7-17)20(23)22-8-10-24-11-9-22/h3-7,15-16,18-19,21H,8-14H2,1-2H3/t15-,16+,18?,19-/m0/s1. The van der Waals surface area contributed by atoms with Gasteiger partial charge in [-0.25, -0.2) is 0 Å². The van der Waals surface area contributed by atoms with Gasteiger partial charge in [-0.3, -0.25) is 4.79 Å². The molecule has 2 aliphatic rings. The Bertz CT molecular complexity index is 535. The Balaban J connectivity index is 1.67. The molecule has 138 valence electrons. The molecule has 0 aliphatic carbocycles. The number of hydrogen-bond acceptors (Lipinski definition) is 4. The summed E-state index contributed by atoms with van der Waals surface area (Å²) in [5, 5.41) is 3.64. The summed E-state index contributed by atoms with van der Waals surface area (Å²) >= 11 is 0. The molecule has 0 spiro atoms. The zero-order valence-corrected chi connectivity index (χ0v) is 15.3. The molecule has 1 aromatic rings. The maximum Gasteiger partial charge on any atom is 0.231 e. The maximum absolute atomic E-state index is 13.1. The van der Waals surface area contributed by atoms with E-state index < -0.39 is 0 Å². The zero-order valence-electron chi connectivity index (χ0n) is 15.3. The van der Waals surface area contributed by atoms with Crippen molar-refractivity contribution >= 4 is 5.91 Å². The molecule has 5 heteroatoms. The lowest BCUT2D eigenvalue weighted by molar-refractivity contribution is -0.136. The van der Waals surface area contributed by atoms with Crippen molar-refractivity contribution in [3.8, 4) is 0 Å². The summed E-state index contributed by atoms with van der Waals surface area (Å²) in [6.45, 7) is 7.56. The molecule has 1 unspecified atom stereocenters. The van der Waals surface area contributed by atoms with Gasteiger partial charge in [-0.05, 0) is 32.3 Å². The fourth-order valence-corrected chi connectivity index (χ4v) is 3.89. The first-order chi connectivity index (χ1) is 12.1. The summed E-state index contributed by atoms with van der Waals surface area (Å²) < 4.78 is 11.2. The Labute approximate surface area is 150 Å². The van der Waals surface area contributed by atoms with Gasteiger partial charge in [-0.1, -0.05) is 30.3 Å². The van der Waals surface area contributed by atoms with Gasteiger partial charge in [0.2, 0.25) is 5.91 Å². The van der Waals surface area contributed by atoms with E-state index in [2.05, 4.69) is 31.3 Å². The Morgan fingerprint density at radius 1 is 1.16 bits per heavy atom. The minimum atomic E-state index is -0.146. The van der Waals surface area contributed by atoms with E-state index in [0.29, 0.717) is 38.9 Å². The second-order valence-electron chi connectivity index (χ2n) is 7.23. The quantitative estimate of drug-likeness (QED) is 0.888. The van der Waals surface area contributed by atoms with Crippen LogP contribution in [-0.2, 0) is 14.3 Å². The van der Waals surface area contributed by atoms with Gasteiger partial charge in [-0.2, -0.15) is 0 Å². The SMILES string of the molecule is C[C@@H]1CC(NC[C@H](C(=O)N2CCOCC2)c2ccccc2)C[C@H](C)O1. The molecule has 0 bridgehead atoms. The lowest BCUT2D eigenvalue weighted by atomic mass is 9.95. The number of amides is 1. The van der Waals surface area contributed by atoms with Crippen molar-refractivity contribution in [2.75, 3.05) is 32.8 Å². The molecule has 0 saturated carbocycles. The minimum absolute atomic E-state index is 0.146. The van der Waals surface area contributed by atoms with Crippen LogP contribution >= 0.6 is 0 Å². The lowest BCUT2D eigenvalue weighted by Gasteiger charge is -2.35. The predicted octanol–water partition coefficient (Wildman–Crippen LogP) is 2.17. The van der Waals surface area contributed by atoms with Gasteiger partial charge in [-0.15, -0.1) is 0 Å². The van der Waals surface area contributed by atoms with Gasteiger partial charge in [0.25, 0.3) is 0 Å². The number of benzene rings is 1. The monoisotopic (exact) mass is 346 g/mol. The Kier molecular flexibility index (Phi) is 6.45. The molecule has 0 radical (unpaired) electrons. The van der Waals surface area contributed by atoms with E-state index in [1.807, 2.05) is 23.1 Å². The Hall–Kier alpha value is -1.43. The number of carbonyl (C=O) groups excluding carboxylic acids is 1. The topological polar surface area (TPSA) is 50.8 Å². The summed E-state index contributed by atoms with van der Waals surface area (Å²) in [6, 6.07) is 10.5. The van der Waals surface area contributed by atoms with Crippen LogP contribution in [-0.4, -0.2) is 61.9 Å². The number of hydrogen-bond donors (Lipinski definition) is 1. The molecule has 25 heavy (non-hydrogen) atoms. The third kappa shape index (κ3) is 5.03. The van der Waals surface area contributed by atoms with Crippen LogP contribution in [0.3, 0.4) is 0 Å². The Morgan fingerprint density at radius 3 is 2.44 bits per heavy atom. The van der Waals surface area contributed by atoms with Crippen molar-refractivity contribution in [3.63, 3.8) is 0 Å². The van der Waals surface area contributed by atoms with E-state index in [4.69, 9.17) is 9.47 Å². The number of nitrogens with one attached hydrogen (secondary N) is 1. The highest BCUT2D eigenvalue weighted by Crippen LogP contribution is 2.22. The van der Waals surface area contributed by atoms with Crippen LogP contribution in [0.1, 0.15) is 38.2 Å². The van der Waals surface area contributed by atoms with Gasteiger partial charge in [0.15, 0.2) is 0 Å². The summed E-state index contributed by atoms with van der Waals surface area (Å²) in [5.74, 6) is 0.0583. The molecule has 0 aromatic heterocycles. The van der Waals surface area contributed by atoms with Gasteiger partial charge in [0.05, 0.1) is 31.3 Å². The largest absolute Gasteiger partial charge is 0.378 e. The molecular formula is C20H30N2O3. The summed E-state index contributed by atoms with van der Waals surface area (Å²) in [6.07, 6.45) is 2.53. The van der Waals surface area contributed by atoms with Crippen LogP contribution in [0.4, 0.5) is 0 Å². The predicted molar refractivity (Wildman–Crippen MR) is 97.6 cm³/mol. The first kappa shape index (κ1) is 18.4. The fourth-order valence-electron chi connectivity index (χ4n) is 3.89. The molecule has 1 amide bonds. The van der Waals surface area contributed by atoms with Gasteiger partial charge >= 0.3 is 0 Å². The van der Waals surface area contributed by atoms with Gasteiger partial charge < -0.3 is 19.7 Å². The van der Waals surface area contributed by atoms with Crippen molar-refractivity contribution in [1.29, 1.82) is 0 Å². The van der Waals surface area contributed by atoms with Crippen molar-refractivity contribution < 1.29 is 14.3 Å². The first-order valence-electron chi connectivity index (χ1n) is 9.44. The highest BCUT2D eigenvalue weighted by atomic mass is 16.5. The van der Waals surface area contributed by atoms with Crippen LogP contribution in [0.5, 0.6) is 0 Å². The van der Waals surface area contributed by atoms with Crippen molar-refractivity contribution in [3.05, 3.63) is 35.9 Å². The third-order valence-electron chi connectivity index (χ3n) is 5.13. The average molecular weight is 346 g/mol. The van der Waals surface area contributed by atoms with Crippen molar-refractivity contribution in [2.24, 2.45) is 0 Å². The third-order valence-corrected chi connectivity index (χ3v) is 5.13. The highest BCUT2D eigenvalue weighted by Gasteiger charge is 2.29.